The second-order valence-electron chi connectivity index (χ2n) is 10.3. The minimum absolute atomic E-state index is 0.574. The van der Waals surface area contributed by atoms with Gasteiger partial charge in [0.1, 0.15) is 0 Å². The van der Waals surface area contributed by atoms with Gasteiger partial charge in [0.2, 0.25) is 0 Å². The second-order valence-corrected chi connectivity index (χ2v) is 10.3. The molecule has 2 unspecified atom stereocenters. The Morgan fingerprint density at radius 1 is 0.571 bits per heavy atom. The van der Waals surface area contributed by atoms with Crippen LogP contribution in [0.2, 0.25) is 0 Å². The fourth-order valence-electron chi connectivity index (χ4n) is 6.83. The van der Waals surface area contributed by atoms with E-state index in [4.69, 9.17) is 0 Å². The molecule has 0 spiro atoms. The number of allylic oxidation sites excluding steroid dienone is 4. The number of hydrogen-bond acceptors (Lipinski definition) is 0. The summed E-state index contributed by atoms with van der Waals surface area (Å²) in [4.78, 5) is 0. The van der Waals surface area contributed by atoms with Crippen LogP contribution in [0.3, 0.4) is 0 Å². The molecule has 0 bridgehead atoms. The normalized spacial score (nSPS) is 20.1. The highest BCUT2D eigenvalue weighted by Crippen LogP contribution is 2.50. The van der Waals surface area contributed by atoms with Crippen molar-refractivity contribution in [2.75, 3.05) is 0 Å². The quantitative estimate of drug-likeness (QED) is 0.240. The average Bonchev–Trinajstić information content (AvgIpc) is 3.41. The Labute approximate surface area is 207 Å². The fourth-order valence-corrected chi connectivity index (χ4v) is 6.83. The summed E-state index contributed by atoms with van der Waals surface area (Å²) in [5, 5.41) is 8.24. The zero-order valence-electron chi connectivity index (χ0n) is 20.1. The van der Waals surface area contributed by atoms with Crippen molar-refractivity contribution < 1.29 is 0 Å². The van der Waals surface area contributed by atoms with Crippen LogP contribution < -0.4 is 0 Å². The van der Waals surface area contributed by atoms with Crippen LogP contribution in [-0.2, 0) is 0 Å². The number of rotatable bonds is 3. The average molecular weight is 451 g/mol. The van der Waals surface area contributed by atoms with Gasteiger partial charge in [0.25, 0.3) is 0 Å². The number of benzene rings is 5. The van der Waals surface area contributed by atoms with Crippen molar-refractivity contribution in [3.63, 3.8) is 0 Å². The van der Waals surface area contributed by atoms with Gasteiger partial charge in [-0.15, -0.1) is 0 Å². The van der Waals surface area contributed by atoms with Crippen LogP contribution in [0.15, 0.2) is 115 Å². The molecule has 1 fully saturated rings. The highest BCUT2D eigenvalue weighted by molar-refractivity contribution is 6.16. The van der Waals surface area contributed by atoms with Gasteiger partial charge in [-0.25, -0.2) is 0 Å². The summed E-state index contributed by atoms with van der Waals surface area (Å²) < 4.78 is 0. The van der Waals surface area contributed by atoms with Crippen LogP contribution in [0.5, 0.6) is 0 Å². The van der Waals surface area contributed by atoms with Gasteiger partial charge in [0.05, 0.1) is 0 Å². The minimum atomic E-state index is 0.574. The maximum absolute atomic E-state index is 2.51. The molecule has 0 radical (unpaired) electrons. The Kier molecular flexibility index (Phi) is 5.05. The molecule has 0 saturated heterocycles. The van der Waals surface area contributed by atoms with Gasteiger partial charge in [-0.05, 0) is 98.2 Å². The van der Waals surface area contributed by atoms with E-state index in [1.165, 1.54) is 75.5 Å². The predicted molar refractivity (Wildman–Crippen MR) is 151 cm³/mol. The highest BCUT2D eigenvalue weighted by atomic mass is 14.4. The summed E-state index contributed by atoms with van der Waals surface area (Å²) in [6.07, 6.45) is 13.6. The third-order valence-corrected chi connectivity index (χ3v) is 8.35. The molecule has 0 aliphatic heterocycles. The van der Waals surface area contributed by atoms with Crippen molar-refractivity contribution in [3.05, 3.63) is 120 Å². The van der Waals surface area contributed by atoms with Crippen molar-refractivity contribution in [3.8, 4) is 11.1 Å². The number of hydrogen-bond donors (Lipinski definition) is 0. The fraction of sp³-hybridized carbons (Fsp3) is 0.200. The first-order valence-electron chi connectivity index (χ1n) is 13.2. The number of fused-ring (bicyclic) bond motifs is 3. The first kappa shape index (κ1) is 20.7. The van der Waals surface area contributed by atoms with Gasteiger partial charge in [-0.3, -0.25) is 0 Å². The van der Waals surface area contributed by atoms with Crippen molar-refractivity contribution in [2.24, 2.45) is 5.92 Å². The molecule has 0 amide bonds. The van der Waals surface area contributed by atoms with E-state index in [2.05, 4.69) is 109 Å². The molecule has 0 heterocycles. The van der Waals surface area contributed by atoms with Crippen LogP contribution >= 0.6 is 0 Å². The molecule has 2 aliphatic rings. The SMILES string of the molecule is C1=CC(C2CCCC2c2c3ccccc3c(-c3ccc4ccccc4c3)c3ccccc23)=CCC1. The van der Waals surface area contributed by atoms with Crippen LogP contribution in [0.1, 0.15) is 43.6 Å². The first-order chi connectivity index (χ1) is 17.4. The molecule has 0 aromatic heterocycles. The lowest BCUT2D eigenvalue weighted by atomic mass is 9.77. The predicted octanol–water partition coefficient (Wildman–Crippen LogP) is 9.97. The Morgan fingerprint density at radius 3 is 1.94 bits per heavy atom. The van der Waals surface area contributed by atoms with E-state index in [-0.39, 0.29) is 0 Å². The monoisotopic (exact) mass is 450 g/mol. The molecular formula is C35H30. The van der Waals surface area contributed by atoms with E-state index in [0.29, 0.717) is 11.8 Å². The van der Waals surface area contributed by atoms with Gasteiger partial charge in [0, 0.05) is 0 Å². The molecule has 2 aliphatic carbocycles. The van der Waals surface area contributed by atoms with Crippen molar-refractivity contribution >= 4 is 32.3 Å². The zero-order chi connectivity index (χ0) is 23.2. The summed E-state index contributed by atoms with van der Waals surface area (Å²) in [6, 6.07) is 34.0. The lowest BCUT2D eigenvalue weighted by Gasteiger charge is -2.27. The molecule has 0 heteroatoms. The molecule has 0 N–H and O–H groups in total. The first-order valence-corrected chi connectivity index (χ1v) is 13.2. The Bertz CT molecular complexity index is 1570. The minimum Gasteiger partial charge on any atom is -0.0840 e. The third-order valence-electron chi connectivity index (χ3n) is 8.35. The summed E-state index contributed by atoms with van der Waals surface area (Å²) in [7, 11) is 0. The van der Waals surface area contributed by atoms with E-state index >= 15 is 0 Å². The van der Waals surface area contributed by atoms with Crippen LogP contribution in [0.25, 0.3) is 43.4 Å². The highest BCUT2D eigenvalue weighted by Gasteiger charge is 2.33. The van der Waals surface area contributed by atoms with Gasteiger partial charge < -0.3 is 0 Å². The van der Waals surface area contributed by atoms with E-state index in [9.17, 15) is 0 Å². The standard InChI is InChI=1S/C35H30/c1-2-12-25(13-3-1)28-19-10-20-29(28)35-32-17-8-6-15-30(32)34(31-16-7-9-18-33(31)35)27-22-21-24-11-4-5-14-26(24)23-27/h2,4-9,11-18,21-23,28-29H,1,3,10,19-20H2. The second kappa shape index (κ2) is 8.54. The van der Waals surface area contributed by atoms with Crippen LogP contribution in [-0.4, -0.2) is 0 Å². The summed E-state index contributed by atoms with van der Waals surface area (Å²) in [6.45, 7) is 0. The van der Waals surface area contributed by atoms with Crippen LogP contribution in [0, 0.1) is 5.92 Å². The van der Waals surface area contributed by atoms with Crippen molar-refractivity contribution in [1.29, 1.82) is 0 Å². The van der Waals surface area contributed by atoms with Crippen molar-refractivity contribution in [1.82, 2.24) is 0 Å². The lowest BCUT2D eigenvalue weighted by molar-refractivity contribution is 0.572. The molecule has 1 saturated carbocycles. The van der Waals surface area contributed by atoms with E-state index in [1.807, 2.05) is 0 Å². The summed E-state index contributed by atoms with van der Waals surface area (Å²) in [5.74, 6) is 1.20. The zero-order valence-corrected chi connectivity index (χ0v) is 20.1. The largest absolute Gasteiger partial charge is 0.0840 e. The molecule has 5 aromatic carbocycles. The van der Waals surface area contributed by atoms with E-state index < -0.39 is 0 Å². The Morgan fingerprint density at radius 2 is 1.23 bits per heavy atom. The van der Waals surface area contributed by atoms with Crippen LogP contribution in [0.4, 0.5) is 0 Å². The Hall–Kier alpha value is -3.64. The molecule has 2 atom stereocenters. The van der Waals surface area contributed by atoms with E-state index in [1.54, 1.807) is 11.1 Å². The van der Waals surface area contributed by atoms with Gasteiger partial charge >= 0.3 is 0 Å². The smallest absolute Gasteiger partial charge is 0.00264 e. The molecule has 35 heavy (non-hydrogen) atoms. The molecule has 0 nitrogen and oxygen atoms in total. The lowest BCUT2D eigenvalue weighted by Crippen LogP contribution is -2.11. The van der Waals surface area contributed by atoms with Gasteiger partial charge in [-0.1, -0.05) is 110 Å². The topological polar surface area (TPSA) is 0 Å². The maximum atomic E-state index is 2.51. The molecular weight excluding hydrogens is 420 g/mol. The Balaban J connectivity index is 1.51. The molecule has 5 aromatic rings. The molecule has 7 rings (SSSR count). The van der Waals surface area contributed by atoms with Crippen molar-refractivity contribution in [2.45, 2.75) is 38.0 Å². The summed E-state index contributed by atoms with van der Waals surface area (Å²) in [5.41, 5.74) is 5.83. The summed E-state index contributed by atoms with van der Waals surface area (Å²) >= 11 is 0. The van der Waals surface area contributed by atoms with Gasteiger partial charge in [0.15, 0.2) is 0 Å². The van der Waals surface area contributed by atoms with E-state index in [0.717, 1.165) is 0 Å². The third kappa shape index (κ3) is 3.43. The molecule has 170 valence electrons. The van der Waals surface area contributed by atoms with Gasteiger partial charge in [-0.2, -0.15) is 0 Å². The maximum Gasteiger partial charge on any atom is -0.00264 e.